The summed E-state index contributed by atoms with van der Waals surface area (Å²) in [6.45, 7) is 8.31. The van der Waals surface area contributed by atoms with Crippen LogP contribution in [-0.2, 0) is 0 Å². The largest absolute Gasteiger partial charge is 0.356 e. The first-order valence-corrected chi connectivity index (χ1v) is 8.69. The van der Waals surface area contributed by atoms with E-state index in [0.717, 1.165) is 25.0 Å². The molecular formula is C18H30N4. The van der Waals surface area contributed by atoms with Crippen molar-refractivity contribution < 1.29 is 0 Å². The van der Waals surface area contributed by atoms with Gasteiger partial charge in [0.25, 0.3) is 0 Å². The lowest BCUT2D eigenvalue weighted by Gasteiger charge is -2.35. The molecule has 0 spiro atoms. The molecule has 3 rings (SSSR count). The van der Waals surface area contributed by atoms with Crippen LogP contribution >= 0.6 is 0 Å². The van der Waals surface area contributed by atoms with Crippen LogP contribution in [0.4, 0.5) is 5.82 Å². The third-order valence-electron chi connectivity index (χ3n) is 5.39. The molecule has 3 heterocycles. The van der Waals surface area contributed by atoms with Gasteiger partial charge in [0.15, 0.2) is 0 Å². The smallest absolute Gasteiger partial charge is 0.131 e. The second kappa shape index (κ2) is 6.97. The maximum atomic E-state index is 4.57. The SMILES string of the molecule is Cc1cccnc1N1CCC(CN2CCC(N(C)C)C2)CC1. The number of aryl methyl sites for hydroxylation is 1. The highest BCUT2D eigenvalue weighted by atomic mass is 15.2. The fourth-order valence-electron chi connectivity index (χ4n) is 3.90. The Morgan fingerprint density at radius 3 is 2.59 bits per heavy atom. The van der Waals surface area contributed by atoms with Crippen molar-refractivity contribution in [3.63, 3.8) is 0 Å². The van der Waals surface area contributed by atoms with E-state index >= 15 is 0 Å². The molecule has 0 N–H and O–H groups in total. The van der Waals surface area contributed by atoms with Crippen molar-refractivity contribution in [3.05, 3.63) is 23.9 Å². The molecule has 2 aliphatic heterocycles. The molecule has 22 heavy (non-hydrogen) atoms. The lowest BCUT2D eigenvalue weighted by molar-refractivity contribution is 0.225. The van der Waals surface area contributed by atoms with Gasteiger partial charge in [-0.25, -0.2) is 4.98 Å². The molecule has 0 amide bonds. The summed E-state index contributed by atoms with van der Waals surface area (Å²) in [6.07, 6.45) is 5.86. The average molecular weight is 302 g/mol. The number of aromatic nitrogens is 1. The lowest BCUT2D eigenvalue weighted by atomic mass is 9.96. The van der Waals surface area contributed by atoms with Gasteiger partial charge >= 0.3 is 0 Å². The van der Waals surface area contributed by atoms with Gasteiger partial charge in [-0.2, -0.15) is 0 Å². The van der Waals surface area contributed by atoms with E-state index in [2.05, 4.69) is 46.8 Å². The molecular weight excluding hydrogens is 272 g/mol. The summed E-state index contributed by atoms with van der Waals surface area (Å²) < 4.78 is 0. The van der Waals surface area contributed by atoms with Crippen LogP contribution in [0.25, 0.3) is 0 Å². The summed E-state index contributed by atoms with van der Waals surface area (Å²) in [6, 6.07) is 4.96. The van der Waals surface area contributed by atoms with Crippen LogP contribution in [0.1, 0.15) is 24.8 Å². The Balaban J connectivity index is 1.47. The molecule has 122 valence electrons. The fourth-order valence-corrected chi connectivity index (χ4v) is 3.90. The maximum Gasteiger partial charge on any atom is 0.131 e. The summed E-state index contributed by atoms with van der Waals surface area (Å²) in [5.41, 5.74) is 1.30. The van der Waals surface area contributed by atoms with Gasteiger partial charge in [0.1, 0.15) is 5.82 Å². The van der Waals surface area contributed by atoms with E-state index in [1.165, 1.54) is 50.3 Å². The molecule has 2 fully saturated rings. The van der Waals surface area contributed by atoms with Crippen LogP contribution in [0.3, 0.4) is 0 Å². The number of likely N-dealkylation sites (N-methyl/N-ethyl adjacent to an activating group) is 1. The van der Waals surface area contributed by atoms with Crippen LogP contribution in [0.2, 0.25) is 0 Å². The van der Waals surface area contributed by atoms with Gasteiger partial charge < -0.3 is 14.7 Å². The highest BCUT2D eigenvalue weighted by Gasteiger charge is 2.28. The Hall–Kier alpha value is -1.13. The summed E-state index contributed by atoms with van der Waals surface area (Å²) in [7, 11) is 4.42. The number of likely N-dealkylation sites (tertiary alicyclic amines) is 1. The first-order valence-electron chi connectivity index (χ1n) is 8.69. The van der Waals surface area contributed by atoms with Crippen LogP contribution in [-0.4, -0.2) is 67.6 Å². The van der Waals surface area contributed by atoms with Crippen molar-refractivity contribution in [3.8, 4) is 0 Å². The van der Waals surface area contributed by atoms with Gasteiger partial charge in [0.2, 0.25) is 0 Å². The van der Waals surface area contributed by atoms with Gasteiger partial charge in [-0.1, -0.05) is 6.07 Å². The minimum absolute atomic E-state index is 0.760. The van der Waals surface area contributed by atoms with Gasteiger partial charge in [0.05, 0.1) is 0 Å². The van der Waals surface area contributed by atoms with Gasteiger partial charge in [-0.3, -0.25) is 0 Å². The molecule has 1 aromatic heterocycles. The topological polar surface area (TPSA) is 22.6 Å². The Morgan fingerprint density at radius 1 is 1.18 bits per heavy atom. The first kappa shape index (κ1) is 15.8. The monoisotopic (exact) mass is 302 g/mol. The Kier molecular flexibility index (Phi) is 4.99. The van der Waals surface area contributed by atoms with Crippen LogP contribution in [0, 0.1) is 12.8 Å². The van der Waals surface area contributed by atoms with Gasteiger partial charge in [-0.15, -0.1) is 0 Å². The van der Waals surface area contributed by atoms with Crippen molar-refractivity contribution in [1.82, 2.24) is 14.8 Å². The molecule has 1 aromatic rings. The number of pyridine rings is 1. The number of hydrogen-bond acceptors (Lipinski definition) is 4. The number of nitrogens with zero attached hydrogens (tertiary/aromatic N) is 4. The normalized spacial score (nSPS) is 24.4. The molecule has 4 nitrogen and oxygen atoms in total. The predicted molar refractivity (Wildman–Crippen MR) is 92.4 cm³/mol. The highest BCUT2D eigenvalue weighted by molar-refractivity contribution is 5.46. The maximum absolute atomic E-state index is 4.57. The molecule has 0 aromatic carbocycles. The third-order valence-corrected chi connectivity index (χ3v) is 5.39. The average Bonchev–Trinajstić information content (AvgIpc) is 2.98. The first-order chi connectivity index (χ1) is 10.6. The molecule has 0 saturated carbocycles. The van der Waals surface area contributed by atoms with E-state index in [-0.39, 0.29) is 0 Å². The number of hydrogen-bond donors (Lipinski definition) is 0. The van der Waals surface area contributed by atoms with E-state index < -0.39 is 0 Å². The van der Waals surface area contributed by atoms with E-state index in [0.29, 0.717) is 0 Å². The molecule has 2 saturated heterocycles. The molecule has 1 unspecified atom stereocenters. The van der Waals surface area contributed by atoms with Crippen molar-refractivity contribution in [2.45, 2.75) is 32.2 Å². The second-order valence-corrected chi connectivity index (χ2v) is 7.24. The zero-order valence-electron chi connectivity index (χ0n) is 14.3. The molecule has 1 atom stereocenters. The van der Waals surface area contributed by atoms with Crippen molar-refractivity contribution in [2.24, 2.45) is 5.92 Å². The minimum Gasteiger partial charge on any atom is -0.356 e. The summed E-state index contributed by atoms with van der Waals surface area (Å²) in [4.78, 5) is 12.1. The van der Waals surface area contributed by atoms with Crippen molar-refractivity contribution in [1.29, 1.82) is 0 Å². The van der Waals surface area contributed by atoms with E-state index in [1.54, 1.807) is 0 Å². The number of anilines is 1. The predicted octanol–water partition coefficient (Wildman–Crippen LogP) is 2.24. The summed E-state index contributed by atoms with van der Waals surface area (Å²) in [5, 5.41) is 0. The van der Waals surface area contributed by atoms with Crippen molar-refractivity contribution >= 4 is 5.82 Å². The summed E-state index contributed by atoms with van der Waals surface area (Å²) in [5.74, 6) is 2.05. The fraction of sp³-hybridized carbons (Fsp3) is 0.722. The quantitative estimate of drug-likeness (QED) is 0.851. The van der Waals surface area contributed by atoms with E-state index in [4.69, 9.17) is 0 Å². The highest BCUT2D eigenvalue weighted by Crippen LogP contribution is 2.25. The third kappa shape index (κ3) is 3.61. The van der Waals surface area contributed by atoms with Crippen molar-refractivity contribution in [2.75, 3.05) is 51.7 Å². The number of rotatable bonds is 4. The molecule has 0 aliphatic carbocycles. The minimum atomic E-state index is 0.760. The Morgan fingerprint density at radius 2 is 1.95 bits per heavy atom. The molecule has 0 bridgehead atoms. The van der Waals surface area contributed by atoms with Crippen LogP contribution in [0.5, 0.6) is 0 Å². The molecule has 2 aliphatic rings. The van der Waals surface area contributed by atoms with E-state index in [9.17, 15) is 0 Å². The van der Waals surface area contributed by atoms with Gasteiger partial charge in [-0.05, 0) is 64.4 Å². The Bertz CT molecular complexity index is 480. The zero-order chi connectivity index (χ0) is 15.5. The molecule has 0 radical (unpaired) electrons. The van der Waals surface area contributed by atoms with Crippen LogP contribution < -0.4 is 4.90 Å². The summed E-state index contributed by atoms with van der Waals surface area (Å²) >= 11 is 0. The van der Waals surface area contributed by atoms with Gasteiger partial charge in [0, 0.05) is 38.4 Å². The Labute approximate surface area is 135 Å². The number of piperidine rings is 1. The lowest BCUT2D eigenvalue weighted by Crippen LogP contribution is -2.39. The van der Waals surface area contributed by atoms with E-state index in [1.807, 2.05) is 12.3 Å². The zero-order valence-corrected chi connectivity index (χ0v) is 14.3. The standard InChI is InChI=1S/C18H30N4/c1-15-5-4-9-19-18(15)22-11-6-16(7-12-22)13-21-10-8-17(14-21)20(2)3/h4-5,9,16-17H,6-8,10-14H2,1-3H3. The van der Waals surface area contributed by atoms with Crippen LogP contribution in [0.15, 0.2) is 18.3 Å². The second-order valence-electron chi connectivity index (χ2n) is 7.24. The molecule has 4 heteroatoms.